The van der Waals surface area contributed by atoms with E-state index >= 15 is 0 Å². The molecule has 0 saturated carbocycles. The third kappa shape index (κ3) is 3.33. The van der Waals surface area contributed by atoms with Crippen molar-refractivity contribution in [1.82, 2.24) is 15.1 Å². The summed E-state index contributed by atoms with van der Waals surface area (Å²) in [6.45, 7) is 2.85. The number of nitrogens with zero attached hydrogens (tertiary/aromatic N) is 3. The first-order valence-electron chi connectivity index (χ1n) is 7.07. The molecule has 116 valence electrons. The van der Waals surface area contributed by atoms with Crippen molar-refractivity contribution >= 4 is 39.6 Å². The largest absolute Gasteiger partial charge is 0.343 e. The highest BCUT2D eigenvalue weighted by Crippen LogP contribution is 2.30. The first-order valence-corrected chi connectivity index (χ1v) is 8.77. The van der Waals surface area contributed by atoms with Crippen molar-refractivity contribution in [3.8, 4) is 9.88 Å². The number of aromatic nitrogens is 2. The number of hydrogen-bond acceptors (Lipinski definition) is 6. The fourth-order valence-corrected chi connectivity index (χ4v) is 3.98. The lowest BCUT2D eigenvalue weighted by molar-refractivity contribution is -0.132. The predicted octanol–water partition coefficient (Wildman–Crippen LogP) is 2.46. The van der Waals surface area contributed by atoms with Crippen LogP contribution >= 0.6 is 22.7 Å². The Kier molecular flexibility index (Phi) is 4.49. The van der Waals surface area contributed by atoms with Crippen molar-refractivity contribution in [2.45, 2.75) is 19.8 Å². The van der Waals surface area contributed by atoms with E-state index in [2.05, 4.69) is 15.5 Å². The molecule has 0 aliphatic carbocycles. The number of amides is 2. The van der Waals surface area contributed by atoms with E-state index in [1.807, 2.05) is 17.5 Å². The van der Waals surface area contributed by atoms with Gasteiger partial charge < -0.3 is 10.2 Å². The molecular weight excluding hydrogens is 320 g/mol. The fraction of sp³-hybridized carbons (Fsp3) is 0.429. The summed E-state index contributed by atoms with van der Waals surface area (Å²) in [7, 11) is 0. The zero-order chi connectivity index (χ0) is 15.5. The minimum absolute atomic E-state index is 0.0305. The molecule has 6 nitrogen and oxygen atoms in total. The number of piperidine rings is 1. The van der Waals surface area contributed by atoms with Crippen molar-refractivity contribution in [1.29, 1.82) is 0 Å². The molecule has 1 aliphatic heterocycles. The van der Waals surface area contributed by atoms with Gasteiger partial charge in [-0.15, -0.1) is 21.5 Å². The fourth-order valence-electron chi connectivity index (χ4n) is 2.44. The molecule has 22 heavy (non-hydrogen) atoms. The van der Waals surface area contributed by atoms with Gasteiger partial charge in [-0.1, -0.05) is 17.4 Å². The lowest BCUT2D eigenvalue weighted by Crippen LogP contribution is -2.40. The van der Waals surface area contributed by atoms with Crippen molar-refractivity contribution in [3.63, 3.8) is 0 Å². The number of carbonyl (C=O) groups is 2. The molecule has 2 amide bonds. The number of rotatable bonds is 3. The van der Waals surface area contributed by atoms with Gasteiger partial charge in [-0.3, -0.25) is 9.59 Å². The molecule has 0 atom stereocenters. The van der Waals surface area contributed by atoms with Crippen LogP contribution in [0.4, 0.5) is 5.13 Å². The van der Waals surface area contributed by atoms with Gasteiger partial charge in [-0.25, -0.2) is 0 Å². The zero-order valence-corrected chi connectivity index (χ0v) is 13.7. The average molecular weight is 336 g/mol. The first kappa shape index (κ1) is 15.1. The van der Waals surface area contributed by atoms with Crippen LogP contribution in [-0.2, 0) is 9.59 Å². The summed E-state index contributed by atoms with van der Waals surface area (Å²) in [6.07, 6.45) is 1.39. The molecule has 1 aliphatic rings. The van der Waals surface area contributed by atoms with E-state index in [-0.39, 0.29) is 17.7 Å². The SMILES string of the molecule is CC(=O)N1CCC(C(=O)Nc2nnc(-c3cccs3)s2)CC1. The Morgan fingerprint density at radius 1 is 1.32 bits per heavy atom. The molecule has 1 N–H and O–H groups in total. The van der Waals surface area contributed by atoms with Crippen LogP contribution in [0.1, 0.15) is 19.8 Å². The monoisotopic (exact) mass is 336 g/mol. The van der Waals surface area contributed by atoms with Gasteiger partial charge in [-0.05, 0) is 24.3 Å². The third-order valence-corrected chi connectivity index (χ3v) is 5.58. The minimum Gasteiger partial charge on any atom is -0.343 e. The second-order valence-electron chi connectivity index (χ2n) is 5.16. The summed E-state index contributed by atoms with van der Waals surface area (Å²) < 4.78 is 0. The number of hydrogen-bond donors (Lipinski definition) is 1. The Hall–Kier alpha value is -1.80. The summed E-state index contributed by atoms with van der Waals surface area (Å²) in [5, 5.41) is 14.3. The topological polar surface area (TPSA) is 75.2 Å². The second kappa shape index (κ2) is 6.53. The molecule has 0 bridgehead atoms. The molecule has 8 heteroatoms. The van der Waals surface area contributed by atoms with Crippen molar-refractivity contribution < 1.29 is 9.59 Å². The zero-order valence-electron chi connectivity index (χ0n) is 12.1. The summed E-state index contributed by atoms with van der Waals surface area (Å²) in [6, 6.07) is 3.94. The lowest BCUT2D eigenvalue weighted by atomic mass is 9.96. The van der Waals surface area contributed by atoms with Gasteiger partial charge in [0.25, 0.3) is 0 Å². The molecule has 0 aromatic carbocycles. The molecule has 0 unspecified atom stereocenters. The Morgan fingerprint density at radius 2 is 2.09 bits per heavy atom. The van der Waals surface area contributed by atoms with E-state index in [4.69, 9.17) is 0 Å². The minimum atomic E-state index is -0.0651. The van der Waals surface area contributed by atoms with Crippen LogP contribution in [0.2, 0.25) is 0 Å². The number of thiophene rings is 1. The van der Waals surface area contributed by atoms with Crippen LogP contribution in [-0.4, -0.2) is 40.0 Å². The highest BCUT2D eigenvalue weighted by molar-refractivity contribution is 7.23. The smallest absolute Gasteiger partial charge is 0.229 e. The molecule has 0 radical (unpaired) electrons. The molecule has 3 rings (SSSR count). The maximum atomic E-state index is 12.3. The molecule has 3 heterocycles. The Balaban J connectivity index is 1.57. The number of carbonyl (C=O) groups excluding carboxylic acids is 2. The van der Waals surface area contributed by atoms with E-state index in [1.54, 1.807) is 23.2 Å². The highest BCUT2D eigenvalue weighted by atomic mass is 32.1. The van der Waals surface area contributed by atoms with Crippen LogP contribution in [0, 0.1) is 5.92 Å². The Bertz CT molecular complexity index is 660. The quantitative estimate of drug-likeness (QED) is 0.934. The summed E-state index contributed by atoms with van der Waals surface area (Å²) in [4.78, 5) is 26.4. The number of anilines is 1. The van der Waals surface area contributed by atoms with Crippen LogP contribution in [0.3, 0.4) is 0 Å². The normalized spacial score (nSPS) is 15.8. The van der Waals surface area contributed by atoms with E-state index in [1.165, 1.54) is 11.3 Å². The summed E-state index contributed by atoms with van der Waals surface area (Å²) in [5.41, 5.74) is 0. The van der Waals surface area contributed by atoms with Crippen LogP contribution in [0.15, 0.2) is 17.5 Å². The van der Waals surface area contributed by atoms with Crippen LogP contribution < -0.4 is 5.32 Å². The number of nitrogens with one attached hydrogen (secondary N) is 1. The summed E-state index contributed by atoms with van der Waals surface area (Å²) in [5.74, 6) is -0.0228. The molecule has 1 fully saturated rings. The molecule has 2 aromatic heterocycles. The maximum absolute atomic E-state index is 12.3. The van der Waals surface area contributed by atoms with E-state index in [0.717, 1.165) is 9.88 Å². The van der Waals surface area contributed by atoms with Crippen molar-refractivity contribution in [2.24, 2.45) is 5.92 Å². The molecular formula is C14H16N4O2S2. The Morgan fingerprint density at radius 3 is 2.73 bits per heavy atom. The summed E-state index contributed by atoms with van der Waals surface area (Å²) >= 11 is 2.98. The average Bonchev–Trinajstić information content (AvgIpc) is 3.18. The van der Waals surface area contributed by atoms with Gasteiger partial charge in [0, 0.05) is 25.9 Å². The Labute approximate surface area is 136 Å². The molecule has 2 aromatic rings. The second-order valence-corrected chi connectivity index (χ2v) is 7.08. The predicted molar refractivity (Wildman–Crippen MR) is 86.8 cm³/mol. The lowest BCUT2D eigenvalue weighted by Gasteiger charge is -2.30. The third-order valence-electron chi connectivity index (χ3n) is 3.70. The first-order chi connectivity index (χ1) is 10.6. The van der Waals surface area contributed by atoms with Gasteiger partial charge in [0.05, 0.1) is 4.88 Å². The molecule has 1 saturated heterocycles. The van der Waals surface area contributed by atoms with Gasteiger partial charge in [0.15, 0.2) is 5.01 Å². The van der Waals surface area contributed by atoms with Crippen LogP contribution in [0.25, 0.3) is 9.88 Å². The standard InChI is InChI=1S/C14H16N4O2S2/c1-9(19)18-6-4-10(5-7-18)12(20)15-14-17-16-13(22-14)11-3-2-8-21-11/h2-3,8,10H,4-7H2,1H3,(H,15,17,20). The van der Waals surface area contributed by atoms with Gasteiger partial charge in [0.1, 0.15) is 0 Å². The van der Waals surface area contributed by atoms with Gasteiger partial charge in [0.2, 0.25) is 16.9 Å². The van der Waals surface area contributed by atoms with E-state index in [9.17, 15) is 9.59 Å². The van der Waals surface area contributed by atoms with Crippen LogP contribution in [0.5, 0.6) is 0 Å². The van der Waals surface area contributed by atoms with Gasteiger partial charge >= 0.3 is 0 Å². The maximum Gasteiger partial charge on any atom is 0.229 e. The molecule has 0 spiro atoms. The van der Waals surface area contributed by atoms with Crippen molar-refractivity contribution in [2.75, 3.05) is 18.4 Å². The van der Waals surface area contributed by atoms with Crippen molar-refractivity contribution in [3.05, 3.63) is 17.5 Å². The van der Waals surface area contributed by atoms with Gasteiger partial charge in [-0.2, -0.15) is 0 Å². The number of likely N-dealkylation sites (tertiary alicyclic amines) is 1. The van der Waals surface area contributed by atoms with E-state index in [0.29, 0.717) is 31.1 Å². The van der Waals surface area contributed by atoms with E-state index < -0.39 is 0 Å². The highest BCUT2D eigenvalue weighted by Gasteiger charge is 2.26.